The lowest BCUT2D eigenvalue weighted by Gasteiger charge is -2.17. The zero-order valence-corrected chi connectivity index (χ0v) is 10.8. The Labute approximate surface area is 114 Å². The molecule has 106 valence electrons. The second-order valence-corrected chi connectivity index (χ2v) is 4.35. The Bertz CT molecular complexity index is 420. The summed E-state index contributed by atoms with van der Waals surface area (Å²) in [5.74, 6) is -3.62. The van der Waals surface area contributed by atoms with E-state index in [2.05, 4.69) is 17.9 Å². The molecule has 1 rings (SSSR count). The van der Waals surface area contributed by atoms with E-state index in [-0.39, 0.29) is 12.3 Å². The smallest absolute Gasteiger partial charge is 0.401 e. The molecule has 1 amide bonds. The summed E-state index contributed by atoms with van der Waals surface area (Å²) in [6.45, 7) is 0.101. The Morgan fingerprint density at radius 2 is 1.89 bits per heavy atom. The van der Waals surface area contributed by atoms with Crippen molar-refractivity contribution in [2.24, 2.45) is 5.92 Å². The van der Waals surface area contributed by atoms with Crippen LogP contribution in [0, 0.1) is 5.92 Å². The zero-order valence-electron chi connectivity index (χ0n) is 9.94. The molecule has 0 heterocycles. The van der Waals surface area contributed by atoms with Crippen molar-refractivity contribution < 1.29 is 23.1 Å². The fourth-order valence-corrected chi connectivity index (χ4v) is 1.82. The van der Waals surface area contributed by atoms with E-state index in [1.807, 2.05) is 0 Å². The first-order valence-corrected chi connectivity index (χ1v) is 6.21. The Kier molecular flexibility index (Phi) is 5.53. The number of halogens is 3. The number of thiol groups is 1. The van der Waals surface area contributed by atoms with Gasteiger partial charge in [0.1, 0.15) is 11.7 Å². The summed E-state index contributed by atoms with van der Waals surface area (Å²) in [4.78, 5) is 11.3. The van der Waals surface area contributed by atoms with Crippen LogP contribution in [-0.4, -0.2) is 29.5 Å². The number of hydrogen-bond acceptors (Lipinski definition) is 3. The summed E-state index contributed by atoms with van der Waals surface area (Å²) < 4.78 is 37.3. The van der Waals surface area contributed by atoms with Crippen molar-refractivity contribution in [3.05, 3.63) is 29.8 Å². The van der Waals surface area contributed by atoms with Gasteiger partial charge in [-0.1, -0.05) is 12.1 Å². The maximum atomic E-state index is 12.4. The van der Waals surface area contributed by atoms with Gasteiger partial charge in [0.25, 0.3) is 0 Å². The van der Waals surface area contributed by atoms with Gasteiger partial charge in [-0.25, -0.2) is 0 Å². The molecule has 0 saturated heterocycles. The van der Waals surface area contributed by atoms with Crippen molar-refractivity contribution in [1.82, 2.24) is 5.32 Å². The topological polar surface area (TPSA) is 49.3 Å². The van der Waals surface area contributed by atoms with Gasteiger partial charge in [0.2, 0.25) is 5.91 Å². The van der Waals surface area contributed by atoms with E-state index in [0.29, 0.717) is 6.42 Å². The number of benzene rings is 1. The molecule has 2 N–H and O–H groups in total. The molecule has 19 heavy (non-hydrogen) atoms. The van der Waals surface area contributed by atoms with Crippen molar-refractivity contribution in [3.8, 4) is 5.75 Å². The summed E-state index contributed by atoms with van der Waals surface area (Å²) in [6.07, 6.45) is -4.19. The van der Waals surface area contributed by atoms with Crippen LogP contribution in [0.2, 0.25) is 0 Å². The molecule has 1 aromatic rings. The molecule has 0 fully saturated rings. The van der Waals surface area contributed by atoms with Gasteiger partial charge in [0, 0.05) is 12.3 Å². The highest BCUT2D eigenvalue weighted by molar-refractivity contribution is 7.80. The van der Waals surface area contributed by atoms with Gasteiger partial charge in [0.15, 0.2) is 0 Å². The molecule has 7 heteroatoms. The number of amides is 1. The number of carbonyl (C=O) groups excluding carboxylic acids is 1. The highest BCUT2D eigenvalue weighted by atomic mass is 32.1. The molecule has 3 nitrogen and oxygen atoms in total. The highest BCUT2D eigenvalue weighted by Crippen LogP contribution is 2.27. The minimum Gasteiger partial charge on any atom is -0.508 e. The van der Waals surface area contributed by atoms with E-state index in [1.165, 1.54) is 12.1 Å². The van der Waals surface area contributed by atoms with E-state index >= 15 is 0 Å². The molecular weight excluding hydrogens is 279 g/mol. The standard InChI is InChI=1S/C12H14F3NO2S/c13-12(14,15)10(7-19)11(18)16-6-5-8-1-3-9(17)4-2-8/h1-4,10,17,19H,5-7H2,(H,16,18). The first-order valence-electron chi connectivity index (χ1n) is 5.57. The molecule has 0 aromatic heterocycles. The first kappa shape index (κ1) is 15.7. The monoisotopic (exact) mass is 293 g/mol. The lowest BCUT2D eigenvalue weighted by molar-refractivity contribution is -0.177. The van der Waals surface area contributed by atoms with Crippen molar-refractivity contribution in [3.63, 3.8) is 0 Å². The average Bonchev–Trinajstić information content (AvgIpc) is 2.30. The lowest BCUT2D eigenvalue weighted by atomic mass is 10.1. The van der Waals surface area contributed by atoms with Crippen LogP contribution in [-0.2, 0) is 11.2 Å². The Morgan fingerprint density at radius 3 is 2.37 bits per heavy atom. The van der Waals surface area contributed by atoms with Crippen molar-refractivity contribution >= 4 is 18.5 Å². The van der Waals surface area contributed by atoms with Crippen molar-refractivity contribution in [1.29, 1.82) is 0 Å². The fraction of sp³-hybridized carbons (Fsp3) is 0.417. The highest BCUT2D eigenvalue weighted by Gasteiger charge is 2.43. The minimum atomic E-state index is -4.58. The molecular formula is C12H14F3NO2S. The zero-order chi connectivity index (χ0) is 14.5. The summed E-state index contributed by atoms with van der Waals surface area (Å²) in [5.41, 5.74) is 0.813. The van der Waals surface area contributed by atoms with E-state index in [0.717, 1.165) is 5.56 Å². The minimum absolute atomic E-state index is 0.101. The van der Waals surface area contributed by atoms with Crippen LogP contribution >= 0.6 is 12.6 Å². The SMILES string of the molecule is O=C(NCCc1ccc(O)cc1)C(CS)C(F)(F)F. The molecule has 0 aliphatic heterocycles. The molecule has 0 aliphatic rings. The summed E-state index contributed by atoms with van der Waals surface area (Å²) in [6, 6.07) is 6.23. The number of nitrogens with one attached hydrogen (secondary N) is 1. The van der Waals surface area contributed by atoms with Crippen LogP contribution < -0.4 is 5.32 Å². The van der Waals surface area contributed by atoms with Crippen molar-refractivity contribution in [2.75, 3.05) is 12.3 Å². The molecule has 0 spiro atoms. The number of aromatic hydroxyl groups is 1. The quantitative estimate of drug-likeness (QED) is 0.729. The number of hydrogen-bond donors (Lipinski definition) is 3. The third-order valence-corrected chi connectivity index (χ3v) is 2.91. The summed E-state index contributed by atoms with van der Waals surface area (Å²) in [5, 5.41) is 11.3. The lowest BCUT2D eigenvalue weighted by Crippen LogP contribution is -2.41. The molecule has 1 unspecified atom stereocenters. The van der Waals surface area contributed by atoms with Crippen molar-refractivity contribution in [2.45, 2.75) is 12.6 Å². The van der Waals surface area contributed by atoms with E-state index < -0.39 is 23.8 Å². The number of carbonyl (C=O) groups is 1. The van der Waals surface area contributed by atoms with Crippen LogP contribution in [0.5, 0.6) is 5.75 Å². The Hall–Kier alpha value is -1.37. The van der Waals surface area contributed by atoms with Gasteiger partial charge >= 0.3 is 6.18 Å². The molecule has 1 atom stereocenters. The number of rotatable bonds is 5. The number of alkyl halides is 3. The van der Waals surface area contributed by atoms with Crippen LogP contribution in [0.25, 0.3) is 0 Å². The van der Waals surface area contributed by atoms with Gasteiger partial charge in [-0.05, 0) is 24.1 Å². The van der Waals surface area contributed by atoms with Gasteiger partial charge in [-0.15, -0.1) is 0 Å². The summed E-state index contributed by atoms with van der Waals surface area (Å²) in [7, 11) is 0. The van der Waals surface area contributed by atoms with Crippen LogP contribution in [0.1, 0.15) is 5.56 Å². The van der Waals surface area contributed by atoms with Gasteiger partial charge in [0.05, 0.1) is 0 Å². The largest absolute Gasteiger partial charge is 0.508 e. The molecule has 0 bridgehead atoms. The average molecular weight is 293 g/mol. The molecule has 0 radical (unpaired) electrons. The molecule has 1 aromatic carbocycles. The van der Waals surface area contributed by atoms with E-state index in [9.17, 15) is 18.0 Å². The third-order valence-electron chi connectivity index (χ3n) is 2.54. The Balaban J connectivity index is 2.44. The predicted octanol–water partition coefficient (Wildman–Crippen LogP) is 2.16. The summed E-state index contributed by atoms with van der Waals surface area (Å²) >= 11 is 3.54. The van der Waals surface area contributed by atoms with E-state index in [4.69, 9.17) is 5.11 Å². The first-order chi connectivity index (χ1) is 8.84. The van der Waals surface area contributed by atoms with Crippen LogP contribution in [0.4, 0.5) is 13.2 Å². The van der Waals surface area contributed by atoms with Crippen LogP contribution in [0.3, 0.4) is 0 Å². The fourth-order valence-electron chi connectivity index (χ4n) is 1.45. The predicted molar refractivity (Wildman–Crippen MR) is 68.2 cm³/mol. The van der Waals surface area contributed by atoms with Gasteiger partial charge in [-0.3, -0.25) is 4.79 Å². The van der Waals surface area contributed by atoms with Gasteiger partial charge < -0.3 is 10.4 Å². The second kappa shape index (κ2) is 6.70. The normalized spacial score (nSPS) is 13.1. The Morgan fingerprint density at radius 1 is 1.32 bits per heavy atom. The maximum Gasteiger partial charge on any atom is 0.401 e. The number of phenols is 1. The maximum absolute atomic E-state index is 12.4. The van der Waals surface area contributed by atoms with Gasteiger partial charge in [-0.2, -0.15) is 25.8 Å². The molecule has 0 saturated carbocycles. The second-order valence-electron chi connectivity index (χ2n) is 3.98. The third kappa shape index (κ3) is 5.02. The van der Waals surface area contributed by atoms with E-state index in [1.54, 1.807) is 12.1 Å². The van der Waals surface area contributed by atoms with Crippen LogP contribution in [0.15, 0.2) is 24.3 Å². The number of phenolic OH excluding ortho intramolecular Hbond substituents is 1. The molecule has 0 aliphatic carbocycles.